The van der Waals surface area contributed by atoms with Crippen LogP contribution in [0.5, 0.6) is 5.75 Å². The molecular weight excluding hydrogens is 350 g/mol. The Morgan fingerprint density at radius 2 is 1.85 bits per heavy atom. The van der Waals surface area contributed by atoms with Crippen LogP contribution >= 0.6 is 0 Å². The smallest absolute Gasteiger partial charge is 0.244 e. The first-order valence-electron chi connectivity index (χ1n) is 8.60. The van der Waals surface area contributed by atoms with E-state index in [1.54, 1.807) is 12.0 Å². The van der Waals surface area contributed by atoms with Crippen LogP contribution in [0.4, 0.5) is 0 Å². The molecule has 2 aromatic rings. The van der Waals surface area contributed by atoms with Gasteiger partial charge in [0.25, 0.3) is 0 Å². The average molecular weight is 371 g/mol. The van der Waals surface area contributed by atoms with Gasteiger partial charge in [-0.15, -0.1) is 0 Å². The number of nitrogens with zero attached hydrogens (tertiary/aromatic N) is 1. The predicted molar refractivity (Wildman–Crippen MR) is 98.2 cm³/mol. The maximum Gasteiger partial charge on any atom is 0.244 e. The van der Waals surface area contributed by atoms with Gasteiger partial charge < -0.3 is 14.4 Å². The number of ether oxygens (including phenoxy) is 2. The third kappa shape index (κ3) is 2.64. The summed E-state index contributed by atoms with van der Waals surface area (Å²) in [6.07, 6.45) is 0.0907. The molecule has 2 saturated heterocycles. The van der Waals surface area contributed by atoms with Crippen LogP contribution in [0.1, 0.15) is 25.1 Å². The summed E-state index contributed by atoms with van der Waals surface area (Å²) < 4.78 is 23.3. The Hall–Kier alpha value is -2.18. The molecule has 5 nitrogen and oxygen atoms in total. The number of methoxy groups -OCH3 is 1. The minimum atomic E-state index is -1.41. The van der Waals surface area contributed by atoms with Gasteiger partial charge in [-0.3, -0.25) is 9.00 Å². The zero-order valence-corrected chi connectivity index (χ0v) is 15.6. The molecule has 0 N–H and O–H groups in total. The molecule has 2 heterocycles. The molecule has 6 heteroatoms. The van der Waals surface area contributed by atoms with Gasteiger partial charge >= 0.3 is 0 Å². The van der Waals surface area contributed by atoms with Crippen molar-refractivity contribution in [2.75, 3.05) is 13.7 Å². The minimum absolute atomic E-state index is 0.0488. The summed E-state index contributed by atoms with van der Waals surface area (Å²) in [7, 11) is 0.210. The standard InChI is InChI=1S/C20H21NO4S/c1-20(26(23)17-6-4-3-5-7-17)12-15-13-25-18(21(15)19(20)22)14-8-10-16(24-2)11-9-14/h3-11,15,18H,12-13H2,1-2H3/t15-,18+,20-,26?/m0/s1. The van der Waals surface area contributed by atoms with Crippen LogP contribution < -0.4 is 4.74 Å². The Bertz CT molecular complexity index is 839. The molecule has 0 radical (unpaired) electrons. The quantitative estimate of drug-likeness (QED) is 0.829. The van der Waals surface area contributed by atoms with Gasteiger partial charge in [-0.05, 0) is 37.6 Å². The molecular formula is C20H21NO4S. The molecule has 2 aliphatic rings. The van der Waals surface area contributed by atoms with Gasteiger partial charge in [-0.1, -0.05) is 30.3 Å². The molecule has 4 atom stereocenters. The number of fused-ring (bicyclic) bond motifs is 1. The molecule has 0 saturated carbocycles. The molecule has 2 fully saturated rings. The lowest BCUT2D eigenvalue weighted by Gasteiger charge is -2.26. The Labute approximate surface area is 155 Å². The van der Waals surface area contributed by atoms with Crippen LogP contribution in [0, 0.1) is 0 Å². The van der Waals surface area contributed by atoms with E-state index in [-0.39, 0.29) is 11.9 Å². The van der Waals surface area contributed by atoms with E-state index >= 15 is 0 Å². The number of hydrogen-bond donors (Lipinski definition) is 0. The highest BCUT2D eigenvalue weighted by atomic mass is 32.2. The number of carbonyl (C=O) groups is 1. The van der Waals surface area contributed by atoms with Gasteiger partial charge in [0, 0.05) is 10.5 Å². The normalized spacial score (nSPS) is 28.8. The number of carbonyl (C=O) groups excluding carboxylic acids is 1. The lowest BCUT2D eigenvalue weighted by atomic mass is 10.1. The molecule has 2 aliphatic heterocycles. The van der Waals surface area contributed by atoms with Crippen LogP contribution in [-0.2, 0) is 20.3 Å². The first kappa shape index (κ1) is 17.2. The minimum Gasteiger partial charge on any atom is -0.497 e. The summed E-state index contributed by atoms with van der Waals surface area (Å²) in [5.74, 6) is 0.647. The van der Waals surface area contributed by atoms with E-state index in [1.807, 2.05) is 61.5 Å². The van der Waals surface area contributed by atoms with Crippen molar-refractivity contribution in [3.05, 3.63) is 60.2 Å². The van der Waals surface area contributed by atoms with Crippen molar-refractivity contribution in [3.63, 3.8) is 0 Å². The van der Waals surface area contributed by atoms with Crippen molar-refractivity contribution in [2.24, 2.45) is 0 Å². The highest BCUT2D eigenvalue weighted by molar-refractivity contribution is 7.87. The Balaban J connectivity index is 1.62. The summed E-state index contributed by atoms with van der Waals surface area (Å²) in [4.78, 5) is 15.7. The molecule has 136 valence electrons. The summed E-state index contributed by atoms with van der Waals surface area (Å²) in [5.41, 5.74) is 0.899. The van der Waals surface area contributed by atoms with Crippen molar-refractivity contribution in [3.8, 4) is 5.75 Å². The van der Waals surface area contributed by atoms with Gasteiger partial charge in [0.05, 0.1) is 30.6 Å². The largest absolute Gasteiger partial charge is 0.497 e. The molecule has 26 heavy (non-hydrogen) atoms. The van der Waals surface area contributed by atoms with Crippen molar-refractivity contribution < 1.29 is 18.5 Å². The van der Waals surface area contributed by atoms with E-state index in [1.165, 1.54) is 0 Å². The van der Waals surface area contributed by atoms with Crippen molar-refractivity contribution >= 4 is 16.7 Å². The van der Waals surface area contributed by atoms with Gasteiger partial charge in [-0.25, -0.2) is 0 Å². The second kappa shape index (κ2) is 6.52. The summed E-state index contributed by atoms with van der Waals surface area (Å²) in [6.45, 7) is 2.27. The SMILES string of the molecule is COc1ccc([C@H]2OC[C@@H]3C[C@](C)(S(=O)c4ccccc4)C(=O)N32)cc1. The molecule has 0 aliphatic carbocycles. The average Bonchev–Trinajstić information content (AvgIpc) is 3.20. The van der Waals surface area contributed by atoms with Crippen molar-refractivity contribution in [1.29, 1.82) is 0 Å². The topological polar surface area (TPSA) is 55.8 Å². The Morgan fingerprint density at radius 3 is 2.50 bits per heavy atom. The zero-order valence-electron chi connectivity index (χ0n) is 14.8. The van der Waals surface area contributed by atoms with E-state index in [9.17, 15) is 9.00 Å². The van der Waals surface area contributed by atoms with Gasteiger partial charge in [0.15, 0.2) is 6.23 Å². The first-order valence-corrected chi connectivity index (χ1v) is 9.75. The molecule has 1 amide bonds. The second-order valence-corrected chi connectivity index (χ2v) is 8.75. The molecule has 4 rings (SSSR count). The molecule has 0 spiro atoms. The predicted octanol–water partition coefficient (Wildman–Crippen LogP) is 2.89. The Morgan fingerprint density at radius 1 is 1.15 bits per heavy atom. The highest BCUT2D eigenvalue weighted by Gasteiger charge is 2.57. The fourth-order valence-corrected chi connectivity index (χ4v) is 5.31. The van der Waals surface area contributed by atoms with Gasteiger partial charge in [0.2, 0.25) is 5.91 Å². The van der Waals surface area contributed by atoms with Gasteiger partial charge in [0.1, 0.15) is 10.5 Å². The number of amides is 1. The number of rotatable bonds is 4. The third-order valence-electron chi connectivity index (χ3n) is 5.17. The van der Waals surface area contributed by atoms with Crippen LogP contribution in [0.15, 0.2) is 59.5 Å². The monoisotopic (exact) mass is 371 g/mol. The second-order valence-electron chi connectivity index (χ2n) is 6.84. The third-order valence-corrected chi connectivity index (χ3v) is 7.03. The first-order chi connectivity index (χ1) is 12.5. The number of benzene rings is 2. The summed E-state index contributed by atoms with van der Waals surface area (Å²) in [5, 5.41) is 0. The number of hydrogen-bond acceptors (Lipinski definition) is 4. The van der Waals surface area contributed by atoms with Crippen molar-refractivity contribution in [1.82, 2.24) is 4.90 Å². The van der Waals surface area contributed by atoms with Crippen LogP contribution in [0.25, 0.3) is 0 Å². The lowest BCUT2D eigenvalue weighted by molar-refractivity contribution is -0.135. The summed E-state index contributed by atoms with van der Waals surface area (Å²) in [6, 6.07) is 16.7. The Kier molecular flexibility index (Phi) is 4.32. The maximum absolute atomic E-state index is 13.3. The fourth-order valence-electron chi connectivity index (χ4n) is 3.78. The van der Waals surface area contributed by atoms with Crippen molar-refractivity contribution in [2.45, 2.75) is 35.3 Å². The van der Waals surface area contributed by atoms with Crippen LogP contribution in [0.2, 0.25) is 0 Å². The van der Waals surface area contributed by atoms with E-state index in [0.717, 1.165) is 11.3 Å². The van der Waals surface area contributed by atoms with Crippen LogP contribution in [0.3, 0.4) is 0 Å². The van der Waals surface area contributed by atoms with E-state index in [2.05, 4.69) is 0 Å². The molecule has 0 aromatic heterocycles. The molecule has 2 aromatic carbocycles. The van der Waals surface area contributed by atoms with Crippen LogP contribution in [-0.4, -0.2) is 39.5 Å². The molecule has 0 bridgehead atoms. The lowest BCUT2D eigenvalue weighted by Crippen LogP contribution is -2.42. The maximum atomic E-state index is 13.3. The van der Waals surface area contributed by atoms with Gasteiger partial charge in [-0.2, -0.15) is 0 Å². The summed E-state index contributed by atoms with van der Waals surface area (Å²) >= 11 is 0. The van der Waals surface area contributed by atoms with E-state index in [4.69, 9.17) is 9.47 Å². The zero-order chi connectivity index (χ0) is 18.3. The fraction of sp³-hybridized carbons (Fsp3) is 0.350. The molecule has 1 unspecified atom stereocenters. The van der Waals surface area contributed by atoms with E-state index in [0.29, 0.717) is 17.9 Å². The van der Waals surface area contributed by atoms with E-state index < -0.39 is 21.8 Å². The highest BCUT2D eigenvalue weighted by Crippen LogP contribution is 2.45.